The molecule has 1 unspecified atom stereocenters. The molecule has 2 N–H and O–H groups in total. The molecule has 0 saturated carbocycles. The third kappa shape index (κ3) is 6.00. The van der Waals surface area contributed by atoms with Gasteiger partial charge in [0.05, 0.1) is 4.47 Å². The third-order valence-corrected chi connectivity index (χ3v) is 8.07. The summed E-state index contributed by atoms with van der Waals surface area (Å²) in [4.78, 5) is 25.1. The molecule has 3 aromatic rings. The molecule has 10 heteroatoms. The number of hydrogen-bond acceptors (Lipinski definition) is 4. The fourth-order valence-corrected chi connectivity index (χ4v) is 6.31. The predicted molar refractivity (Wildman–Crippen MR) is 146 cm³/mol. The summed E-state index contributed by atoms with van der Waals surface area (Å²) >= 11 is 3.70. The Hall–Kier alpha value is -3.27. The molecule has 0 aliphatic carbocycles. The van der Waals surface area contributed by atoms with Crippen LogP contribution in [-0.4, -0.2) is 46.3 Å². The molecule has 0 spiro atoms. The molecule has 208 valence electrons. The van der Waals surface area contributed by atoms with Crippen LogP contribution in [0.5, 0.6) is 0 Å². The smallest absolute Gasteiger partial charge is 0.407 e. The van der Waals surface area contributed by atoms with E-state index in [9.17, 15) is 23.5 Å². The van der Waals surface area contributed by atoms with Crippen molar-refractivity contribution in [3.05, 3.63) is 75.4 Å². The molecule has 7 nitrogen and oxygen atoms in total. The van der Waals surface area contributed by atoms with E-state index < -0.39 is 35.1 Å². The Bertz CT molecular complexity index is 1370. The average molecular weight is 604 g/mol. The van der Waals surface area contributed by atoms with E-state index in [4.69, 9.17) is 4.52 Å². The first-order chi connectivity index (χ1) is 18.4. The minimum Gasteiger partial charge on any atom is -0.465 e. The third-order valence-electron chi connectivity index (χ3n) is 7.30. The first-order valence-electron chi connectivity index (χ1n) is 12.8. The second kappa shape index (κ2) is 11.5. The Balaban J connectivity index is 1.84. The van der Waals surface area contributed by atoms with Crippen LogP contribution in [0.25, 0.3) is 11.3 Å². The lowest BCUT2D eigenvalue weighted by molar-refractivity contribution is -0.118. The van der Waals surface area contributed by atoms with E-state index in [-0.39, 0.29) is 18.4 Å². The molecule has 39 heavy (non-hydrogen) atoms. The quantitative estimate of drug-likeness (QED) is 0.326. The standard InChI is InChI=1S/C29H32BrF2N3O4/c1-16(36)33-13-11-17-7-5-6-8-20(17)26-24(30)25(34-39-26)23-19(18-9-10-21(31)22(32)15-18)12-14-35(28(37)38)27(23)29(2,3)4/h5-10,15,19,23,27H,11-14H2,1-4H3,(H,33,36)(H,37,38)/t19-,23+,27?/m1/s1. The highest BCUT2D eigenvalue weighted by Crippen LogP contribution is 2.51. The summed E-state index contributed by atoms with van der Waals surface area (Å²) in [5.41, 5.74) is 2.30. The van der Waals surface area contributed by atoms with Crippen molar-refractivity contribution in [2.45, 2.75) is 58.4 Å². The highest BCUT2D eigenvalue weighted by molar-refractivity contribution is 9.10. The number of halogens is 3. The van der Waals surface area contributed by atoms with E-state index in [1.807, 2.05) is 45.0 Å². The minimum absolute atomic E-state index is 0.118. The van der Waals surface area contributed by atoms with Crippen LogP contribution < -0.4 is 5.32 Å². The van der Waals surface area contributed by atoms with Gasteiger partial charge in [0.15, 0.2) is 17.4 Å². The van der Waals surface area contributed by atoms with Gasteiger partial charge in [-0.25, -0.2) is 13.6 Å². The van der Waals surface area contributed by atoms with Crippen molar-refractivity contribution < 1.29 is 28.0 Å². The SMILES string of the molecule is CC(=O)NCCc1ccccc1-c1onc([C@H]2C(C(C)(C)C)N(C(=O)O)CC[C@@H]2c2ccc(F)c(F)c2)c1Br. The molecule has 2 amide bonds. The van der Waals surface area contributed by atoms with Crippen molar-refractivity contribution in [1.29, 1.82) is 0 Å². The van der Waals surface area contributed by atoms with Gasteiger partial charge >= 0.3 is 6.09 Å². The van der Waals surface area contributed by atoms with Crippen LogP contribution >= 0.6 is 15.9 Å². The van der Waals surface area contributed by atoms with E-state index in [0.717, 1.165) is 17.2 Å². The normalized spacial score (nSPS) is 19.7. The van der Waals surface area contributed by atoms with Crippen LogP contribution in [-0.2, 0) is 11.2 Å². The van der Waals surface area contributed by atoms with E-state index in [1.54, 1.807) is 6.07 Å². The Morgan fingerprint density at radius 1 is 1.18 bits per heavy atom. The van der Waals surface area contributed by atoms with Crippen LogP contribution in [0.2, 0.25) is 0 Å². The summed E-state index contributed by atoms with van der Waals surface area (Å²) < 4.78 is 34.7. The van der Waals surface area contributed by atoms with Crippen molar-refractivity contribution in [3.63, 3.8) is 0 Å². The monoisotopic (exact) mass is 603 g/mol. The summed E-state index contributed by atoms with van der Waals surface area (Å²) in [6.07, 6.45) is -0.0839. The largest absolute Gasteiger partial charge is 0.465 e. The van der Waals surface area contributed by atoms with Crippen LogP contribution in [0.4, 0.5) is 13.6 Å². The number of carbonyl (C=O) groups excluding carboxylic acids is 1. The van der Waals surface area contributed by atoms with Crippen molar-refractivity contribution in [2.24, 2.45) is 5.41 Å². The molecule has 3 atom stereocenters. The zero-order valence-corrected chi connectivity index (χ0v) is 23.9. The molecule has 1 fully saturated rings. The number of piperidine rings is 1. The van der Waals surface area contributed by atoms with Gasteiger partial charge in [-0.3, -0.25) is 4.79 Å². The van der Waals surface area contributed by atoms with Crippen LogP contribution in [0.15, 0.2) is 51.5 Å². The van der Waals surface area contributed by atoms with Gasteiger partial charge in [-0.15, -0.1) is 0 Å². The van der Waals surface area contributed by atoms with Crippen LogP contribution in [0, 0.1) is 17.0 Å². The molecule has 0 bridgehead atoms. The highest BCUT2D eigenvalue weighted by Gasteiger charge is 2.49. The maximum atomic E-state index is 14.4. The lowest BCUT2D eigenvalue weighted by Gasteiger charge is -2.49. The number of benzene rings is 2. The van der Waals surface area contributed by atoms with Gasteiger partial charge in [-0.05, 0) is 63.4 Å². The topological polar surface area (TPSA) is 95.7 Å². The first kappa shape index (κ1) is 28.7. The zero-order valence-electron chi connectivity index (χ0n) is 22.3. The number of carbonyl (C=O) groups is 2. The maximum absolute atomic E-state index is 14.4. The van der Waals surface area contributed by atoms with Crippen molar-refractivity contribution >= 4 is 27.9 Å². The lowest BCUT2D eigenvalue weighted by Crippen LogP contribution is -2.55. The number of nitrogens with one attached hydrogen (secondary N) is 1. The van der Waals surface area contributed by atoms with Gasteiger partial charge in [0.25, 0.3) is 0 Å². The van der Waals surface area contributed by atoms with E-state index in [2.05, 4.69) is 26.4 Å². The molecule has 2 aromatic carbocycles. The van der Waals surface area contributed by atoms with Crippen LogP contribution in [0.1, 0.15) is 62.8 Å². The fraction of sp³-hybridized carbons (Fsp3) is 0.414. The van der Waals surface area contributed by atoms with Gasteiger partial charge < -0.3 is 19.8 Å². The fourth-order valence-electron chi connectivity index (χ4n) is 5.69. The number of likely N-dealkylation sites (tertiary alicyclic amines) is 1. The predicted octanol–water partition coefficient (Wildman–Crippen LogP) is 6.73. The molecule has 1 aromatic heterocycles. The number of aromatic nitrogens is 1. The molecular weight excluding hydrogens is 572 g/mol. The molecule has 2 heterocycles. The van der Waals surface area contributed by atoms with Gasteiger partial charge in [0, 0.05) is 37.5 Å². The molecule has 1 aliphatic rings. The molecule has 4 rings (SSSR count). The lowest BCUT2D eigenvalue weighted by atomic mass is 9.66. The number of nitrogens with zero attached hydrogens (tertiary/aromatic N) is 2. The number of hydrogen-bond donors (Lipinski definition) is 2. The van der Waals surface area contributed by atoms with Crippen LogP contribution in [0.3, 0.4) is 0 Å². The summed E-state index contributed by atoms with van der Waals surface area (Å²) in [6.45, 7) is 8.03. The van der Waals surface area contributed by atoms with Crippen molar-refractivity contribution in [2.75, 3.05) is 13.1 Å². The van der Waals surface area contributed by atoms with Gasteiger partial charge in [0.1, 0.15) is 5.69 Å². The second-order valence-electron chi connectivity index (χ2n) is 11.0. The van der Waals surface area contributed by atoms with E-state index >= 15 is 0 Å². The Kier molecular flexibility index (Phi) is 8.44. The maximum Gasteiger partial charge on any atom is 0.407 e. The summed E-state index contributed by atoms with van der Waals surface area (Å²) in [5, 5.41) is 17.4. The van der Waals surface area contributed by atoms with E-state index in [0.29, 0.717) is 40.9 Å². The number of amides is 2. The molecule has 1 saturated heterocycles. The second-order valence-corrected chi connectivity index (χ2v) is 11.8. The van der Waals surface area contributed by atoms with E-state index in [1.165, 1.54) is 17.9 Å². The summed E-state index contributed by atoms with van der Waals surface area (Å²) in [7, 11) is 0. The number of rotatable bonds is 6. The molecular formula is C29H32BrF2N3O4. The summed E-state index contributed by atoms with van der Waals surface area (Å²) in [6, 6.07) is 10.9. The average Bonchev–Trinajstić information content (AvgIpc) is 3.25. The Morgan fingerprint density at radius 2 is 1.90 bits per heavy atom. The molecule has 1 aliphatic heterocycles. The van der Waals surface area contributed by atoms with Crippen molar-refractivity contribution in [3.8, 4) is 11.3 Å². The highest BCUT2D eigenvalue weighted by atomic mass is 79.9. The minimum atomic E-state index is -1.05. The van der Waals surface area contributed by atoms with Gasteiger partial charge in [-0.2, -0.15) is 0 Å². The number of carboxylic acid groups (broad SMARTS) is 1. The first-order valence-corrected chi connectivity index (χ1v) is 13.6. The Labute approximate surface area is 234 Å². The summed E-state index contributed by atoms with van der Waals surface area (Å²) in [5.74, 6) is -2.39. The zero-order chi connectivity index (χ0) is 28.5. The van der Waals surface area contributed by atoms with Gasteiger partial charge in [-0.1, -0.05) is 56.3 Å². The Morgan fingerprint density at radius 3 is 2.54 bits per heavy atom. The van der Waals surface area contributed by atoms with Crippen molar-refractivity contribution in [1.82, 2.24) is 15.4 Å². The van der Waals surface area contributed by atoms with Gasteiger partial charge in [0.2, 0.25) is 5.91 Å². The molecule has 0 radical (unpaired) electrons.